The van der Waals surface area contributed by atoms with Crippen LogP contribution in [0.5, 0.6) is 0 Å². The van der Waals surface area contributed by atoms with E-state index in [1.807, 2.05) is 13.8 Å². The average Bonchev–Trinajstić information content (AvgIpc) is 1.87. The van der Waals surface area contributed by atoms with Crippen LogP contribution >= 0.6 is 0 Å². The maximum Gasteiger partial charge on any atom is 1.00 e. The monoisotopic (exact) mass is 151 g/mol. The first-order valence-corrected chi connectivity index (χ1v) is 3.13. The molecule has 3 heteroatoms. The molecule has 0 saturated heterocycles. The summed E-state index contributed by atoms with van der Waals surface area (Å²) in [4.78, 5) is 10.6. The molecule has 0 bridgehead atoms. The molecule has 10 heavy (non-hydrogen) atoms. The van der Waals surface area contributed by atoms with Crippen molar-refractivity contribution in [2.45, 2.75) is 26.3 Å². The molecule has 0 aromatic carbocycles. The first-order chi connectivity index (χ1) is 4.20. The van der Waals surface area contributed by atoms with E-state index in [1.165, 1.54) is 6.08 Å². The molecule has 0 aliphatic carbocycles. The van der Waals surface area contributed by atoms with Gasteiger partial charge in [0.1, 0.15) is 0 Å². The molecule has 0 rings (SSSR count). The molecule has 0 spiro atoms. The minimum atomic E-state index is -0.0932. The van der Waals surface area contributed by atoms with Gasteiger partial charge in [-0.2, -0.15) is 0 Å². The topological polar surface area (TPSA) is 29.1 Å². The van der Waals surface area contributed by atoms with Crippen molar-refractivity contribution >= 4 is 5.91 Å². The predicted molar refractivity (Wildman–Crippen MR) is 39.2 cm³/mol. The normalized spacial score (nSPS) is 11.0. The third-order valence-corrected chi connectivity index (χ3v) is 1.19. The van der Waals surface area contributed by atoms with E-state index < -0.39 is 0 Å². The van der Waals surface area contributed by atoms with Gasteiger partial charge in [0.2, 0.25) is 5.91 Å². The molecule has 1 atom stereocenters. The van der Waals surface area contributed by atoms with Crippen LogP contribution in [0.25, 0.3) is 0 Å². The largest absolute Gasteiger partial charge is 1.00 e. The van der Waals surface area contributed by atoms with Gasteiger partial charge in [0, 0.05) is 6.04 Å². The fourth-order valence-corrected chi connectivity index (χ4v) is 0.404. The maximum absolute atomic E-state index is 10.6. The Kier molecular flexibility index (Phi) is 9.40. The van der Waals surface area contributed by atoms with Gasteiger partial charge in [-0.3, -0.25) is 4.79 Å². The summed E-state index contributed by atoms with van der Waals surface area (Å²) in [6.07, 6.45) is 2.24. The van der Waals surface area contributed by atoms with Crippen molar-refractivity contribution in [1.82, 2.24) is 5.32 Å². The number of amides is 1. The van der Waals surface area contributed by atoms with E-state index in [0.29, 0.717) is 0 Å². The van der Waals surface area contributed by atoms with E-state index in [9.17, 15) is 4.79 Å². The zero-order valence-electron chi connectivity index (χ0n) is 7.98. The molecule has 0 aromatic heterocycles. The molecule has 1 unspecified atom stereocenters. The van der Waals surface area contributed by atoms with Crippen LogP contribution < -0.4 is 34.9 Å². The Hall–Kier alpha value is 0.210. The number of carbonyl (C=O) groups is 1. The molecular weight excluding hydrogens is 137 g/mol. The second-order valence-corrected chi connectivity index (χ2v) is 2.02. The second-order valence-electron chi connectivity index (χ2n) is 2.02. The van der Waals surface area contributed by atoms with E-state index in [1.54, 1.807) is 0 Å². The molecule has 0 aromatic rings. The van der Waals surface area contributed by atoms with Gasteiger partial charge in [-0.1, -0.05) is 13.5 Å². The third kappa shape index (κ3) is 6.33. The minimum Gasteiger partial charge on any atom is -1.00 e. The van der Waals surface area contributed by atoms with Crippen molar-refractivity contribution in [1.29, 1.82) is 0 Å². The van der Waals surface area contributed by atoms with Crippen LogP contribution in [0.4, 0.5) is 0 Å². The number of carbonyl (C=O) groups excluding carboxylic acids is 1. The molecule has 1 N–H and O–H groups in total. The quantitative estimate of drug-likeness (QED) is 0.374. The Bertz CT molecular complexity index is 119. The van der Waals surface area contributed by atoms with E-state index in [2.05, 4.69) is 11.9 Å². The average molecular weight is 151 g/mol. The Labute approximate surface area is 85.8 Å². The SMILES string of the molecule is C=CC(=O)NC(C)CC.[H-].[Na+]. The third-order valence-electron chi connectivity index (χ3n) is 1.19. The summed E-state index contributed by atoms with van der Waals surface area (Å²) in [6, 6.07) is 0.260. The molecule has 2 nitrogen and oxygen atoms in total. The molecule has 54 valence electrons. The molecule has 1 amide bonds. The van der Waals surface area contributed by atoms with E-state index in [-0.39, 0.29) is 42.9 Å². The van der Waals surface area contributed by atoms with Crippen molar-refractivity contribution in [3.05, 3.63) is 12.7 Å². The van der Waals surface area contributed by atoms with Gasteiger partial charge < -0.3 is 6.74 Å². The first-order valence-electron chi connectivity index (χ1n) is 3.13. The Morgan fingerprint density at radius 3 is 2.70 bits per heavy atom. The van der Waals surface area contributed by atoms with Gasteiger partial charge in [-0.25, -0.2) is 0 Å². The smallest absolute Gasteiger partial charge is 1.00 e. The van der Waals surface area contributed by atoms with Crippen LogP contribution in [0, 0.1) is 0 Å². The van der Waals surface area contributed by atoms with Crippen molar-refractivity contribution in [2.24, 2.45) is 0 Å². The zero-order chi connectivity index (χ0) is 7.28. The van der Waals surface area contributed by atoms with E-state index >= 15 is 0 Å². The van der Waals surface area contributed by atoms with Gasteiger partial charge in [0.05, 0.1) is 0 Å². The fraction of sp³-hybridized carbons (Fsp3) is 0.571. The van der Waals surface area contributed by atoms with Crippen LogP contribution in [0.3, 0.4) is 0 Å². The number of rotatable bonds is 3. The summed E-state index contributed by atoms with van der Waals surface area (Å²) < 4.78 is 0. The van der Waals surface area contributed by atoms with Crippen LogP contribution in [-0.4, -0.2) is 11.9 Å². The Morgan fingerprint density at radius 2 is 2.40 bits per heavy atom. The van der Waals surface area contributed by atoms with Crippen molar-refractivity contribution in [2.75, 3.05) is 0 Å². The molecular formula is C7H14NNaO. The number of hydrogen-bond acceptors (Lipinski definition) is 1. The van der Waals surface area contributed by atoms with Gasteiger partial charge in [0.25, 0.3) is 0 Å². The number of nitrogens with one attached hydrogen (secondary N) is 1. The van der Waals surface area contributed by atoms with Crippen LogP contribution in [0.2, 0.25) is 0 Å². The van der Waals surface area contributed by atoms with E-state index in [4.69, 9.17) is 0 Å². The standard InChI is InChI=1S/C7H13NO.Na.H/c1-4-6(3)8-7(9)5-2;;/h5-6H,2,4H2,1,3H3,(H,8,9);;/q;+1;-1. The summed E-state index contributed by atoms with van der Waals surface area (Å²) in [7, 11) is 0. The molecule has 0 aliphatic heterocycles. The van der Waals surface area contributed by atoms with Gasteiger partial charge in [0.15, 0.2) is 0 Å². The zero-order valence-corrected chi connectivity index (χ0v) is 8.98. The van der Waals surface area contributed by atoms with Crippen LogP contribution in [0.15, 0.2) is 12.7 Å². The Morgan fingerprint density at radius 1 is 1.90 bits per heavy atom. The van der Waals surface area contributed by atoms with Crippen LogP contribution in [-0.2, 0) is 4.79 Å². The van der Waals surface area contributed by atoms with Gasteiger partial charge >= 0.3 is 29.6 Å². The van der Waals surface area contributed by atoms with Gasteiger partial charge in [-0.05, 0) is 19.4 Å². The predicted octanol–water partition coefficient (Wildman–Crippen LogP) is -1.80. The molecule has 0 saturated carbocycles. The molecule has 0 aliphatic rings. The maximum atomic E-state index is 10.6. The second kappa shape index (κ2) is 7.32. The van der Waals surface area contributed by atoms with E-state index in [0.717, 1.165) is 6.42 Å². The summed E-state index contributed by atoms with van der Waals surface area (Å²) in [5, 5.41) is 2.72. The van der Waals surface area contributed by atoms with Crippen LogP contribution in [0.1, 0.15) is 21.7 Å². The summed E-state index contributed by atoms with van der Waals surface area (Å²) in [6.45, 7) is 7.32. The molecule has 0 radical (unpaired) electrons. The number of hydrogen-bond donors (Lipinski definition) is 1. The molecule has 0 heterocycles. The summed E-state index contributed by atoms with van der Waals surface area (Å²) in [5.74, 6) is -0.0932. The summed E-state index contributed by atoms with van der Waals surface area (Å²) in [5.41, 5.74) is 0. The Balaban J connectivity index is -0.000000320. The van der Waals surface area contributed by atoms with Gasteiger partial charge in [-0.15, -0.1) is 0 Å². The molecule has 0 fully saturated rings. The minimum absolute atomic E-state index is 0. The van der Waals surface area contributed by atoms with Crippen molar-refractivity contribution < 1.29 is 35.8 Å². The van der Waals surface area contributed by atoms with Crippen molar-refractivity contribution in [3.8, 4) is 0 Å². The fourth-order valence-electron chi connectivity index (χ4n) is 0.404. The summed E-state index contributed by atoms with van der Waals surface area (Å²) >= 11 is 0. The van der Waals surface area contributed by atoms with Crippen molar-refractivity contribution in [3.63, 3.8) is 0 Å². The first kappa shape index (κ1) is 12.8.